The molecule has 0 saturated heterocycles. The molecule has 0 fully saturated rings. The summed E-state index contributed by atoms with van der Waals surface area (Å²) in [5, 5.41) is 5.66. The van der Waals surface area contributed by atoms with Crippen molar-refractivity contribution in [2.75, 3.05) is 13.7 Å². The largest absolute Gasteiger partial charge is 0.497 e. The van der Waals surface area contributed by atoms with Crippen molar-refractivity contribution in [3.63, 3.8) is 0 Å². The Bertz CT molecular complexity index is 467. The minimum Gasteiger partial charge on any atom is -0.497 e. The first-order chi connectivity index (χ1) is 8.79. The molecule has 2 aromatic rings. The van der Waals surface area contributed by atoms with Gasteiger partial charge in [0.2, 0.25) is 0 Å². The van der Waals surface area contributed by atoms with E-state index in [1.807, 2.05) is 12.1 Å². The second-order valence-electron chi connectivity index (χ2n) is 4.29. The maximum Gasteiger partial charge on any atom is 0.119 e. The zero-order valence-electron chi connectivity index (χ0n) is 10.8. The van der Waals surface area contributed by atoms with Crippen LogP contribution in [0.15, 0.2) is 41.8 Å². The molecule has 0 radical (unpaired) electrons. The first kappa shape index (κ1) is 13.1. The average Bonchev–Trinajstić information content (AvgIpc) is 2.93. The van der Waals surface area contributed by atoms with Gasteiger partial charge >= 0.3 is 0 Å². The second kappa shape index (κ2) is 6.57. The molecule has 0 aliphatic heterocycles. The van der Waals surface area contributed by atoms with Gasteiger partial charge in [0.05, 0.1) is 7.11 Å². The summed E-state index contributed by atoms with van der Waals surface area (Å²) in [6.45, 7) is 3.18. The minimum absolute atomic E-state index is 0.426. The molecule has 0 aliphatic rings. The van der Waals surface area contributed by atoms with Crippen molar-refractivity contribution >= 4 is 11.3 Å². The van der Waals surface area contributed by atoms with Crippen LogP contribution in [0.5, 0.6) is 5.75 Å². The Balaban J connectivity index is 1.81. The van der Waals surface area contributed by atoms with E-state index in [1.165, 1.54) is 10.4 Å². The molecular formula is C15H19NOS. The van der Waals surface area contributed by atoms with Gasteiger partial charge in [0.1, 0.15) is 5.75 Å². The smallest absolute Gasteiger partial charge is 0.119 e. The highest BCUT2D eigenvalue weighted by molar-refractivity contribution is 7.10. The lowest BCUT2D eigenvalue weighted by Crippen LogP contribution is -2.20. The maximum absolute atomic E-state index is 5.22. The van der Waals surface area contributed by atoms with Crippen LogP contribution in [0.2, 0.25) is 0 Å². The van der Waals surface area contributed by atoms with E-state index in [-0.39, 0.29) is 0 Å². The van der Waals surface area contributed by atoms with Gasteiger partial charge < -0.3 is 10.1 Å². The normalized spacial score (nSPS) is 12.3. The third-order valence-corrected chi connectivity index (χ3v) is 4.02. The topological polar surface area (TPSA) is 21.3 Å². The summed E-state index contributed by atoms with van der Waals surface area (Å²) in [5.74, 6) is 0.929. The van der Waals surface area contributed by atoms with E-state index in [0.29, 0.717) is 6.04 Å². The number of methoxy groups -OCH3 is 1. The van der Waals surface area contributed by atoms with Gasteiger partial charge in [-0.3, -0.25) is 0 Å². The lowest BCUT2D eigenvalue weighted by molar-refractivity contribution is 0.414. The van der Waals surface area contributed by atoms with Crippen molar-refractivity contribution in [1.29, 1.82) is 0 Å². The molecule has 3 heteroatoms. The number of ether oxygens (including phenoxy) is 1. The van der Waals surface area contributed by atoms with E-state index in [9.17, 15) is 0 Å². The van der Waals surface area contributed by atoms with Crippen LogP contribution in [0.3, 0.4) is 0 Å². The lowest BCUT2D eigenvalue weighted by atomic mass is 10.1. The first-order valence-electron chi connectivity index (χ1n) is 6.19. The molecule has 1 heterocycles. The fraction of sp³-hybridized carbons (Fsp3) is 0.333. The third-order valence-electron chi connectivity index (χ3n) is 2.97. The van der Waals surface area contributed by atoms with E-state index >= 15 is 0 Å². The van der Waals surface area contributed by atoms with Crippen LogP contribution < -0.4 is 10.1 Å². The zero-order chi connectivity index (χ0) is 12.8. The summed E-state index contributed by atoms with van der Waals surface area (Å²) < 4.78 is 5.22. The first-order valence-corrected chi connectivity index (χ1v) is 7.07. The monoisotopic (exact) mass is 261 g/mol. The van der Waals surface area contributed by atoms with E-state index in [4.69, 9.17) is 4.74 Å². The molecule has 1 atom stereocenters. The molecular weight excluding hydrogens is 242 g/mol. The van der Waals surface area contributed by atoms with Gasteiger partial charge in [-0.1, -0.05) is 18.2 Å². The molecule has 0 saturated carbocycles. The molecule has 18 heavy (non-hydrogen) atoms. The van der Waals surface area contributed by atoms with E-state index in [1.54, 1.807) is 18.4 Å². The molecule has 2 rings (SSSR count). The van der Waals surface area contributed by atoms with E-state index in [0.717, 1.165) is 18.7 Å². The van der Waals surface area contributed by atoms with Crippen LogP contribution >= 0.6 is 11.3 Å². The quantitative estimate of drug-likeness (QED) is 0.857. The molecule has 0 spiro atoms. The third kappa shape index (κ3) is 3.59. The Morgan fingerprint density at radius 1 is 1.28 bits per heavy atom. The van der Waals surface area contributed by atoms with Crippen molar-refractivity contribution in [2.24, 2.45) is 0 Å². The average molecular weight is 261 g/mol. The van der Waals surface area contributed by atoms with E-state index < -0.39 is 0 Å². The predicted octanol–water partition coefficient (Wildman–Crippen LogP) is 3.65. The SMILES string of the molecule is COc1cccc(CCNC(C)c2cccs2)c1. The van der Waals surface area contributed by atoms with Crippen LogP contribution in [0.1, 0.15) is 23.4 Å². The summed E-state index contributed by atoms with van der Waals surface area (Å²) in [6.07, 6.45) is 1.02. The van der Waals surface area contributed by atoms with Gasteiger partial charge in [0.15, 0.2) is 0 Å². The highest BCUT2D eigenvalue weighted by atomic mass is 32.1. The number of hydrogen-bond acceptors (Lipinski definition) is 3. The summed E-state index contributed by atoms with van der Waals surface area (Å²) >= 11 is 1.80. The van der Waals surface area contributed by atoms with Crippen molar-refractivity contribution in [2.45, 2.75) is 19.4 Å². The van der Waals surface area contributed by atoms with Crippen molar-refractivity contribution < 1.29 is 4.74 Å². The fourth-order valence-electron chi connectivity index (χ4n) is 1.90. The summed E-state index contributed by atoms with van der Waals surface area (Å²) in [7, 11) is 1.70. The zero-order valence-corrected chi connectivity index (χ0v) is 11.7. The standard InChI is InChI=1S/C15H19NOS/c1-12(15-7-4-10-18-15)16-9-8-13-5-3-6-14(11-13)17-2/h3-7,10-12,16H,8-9H2,1-2H3. The number of rotatable bonds is 6. The van der Waals surface area contributed by atoms with Gasteiger partial charge in [-0.15, -0.1) is 11.3 Å². The van der Waals surface area contributed by atoms with Crippen LogP contribution in [0.4, 0.5) is 0 Å². The summed E-state index contributed by atoms with van der Waals surface area (Å²) in [5.41, 5.74) is 1.31. The summed E-state index contributed by atoms with van der Waals surface area (Å²) in [4.78, 5) is 1.39. The van der Waals surface area contributed by atoms with Crippen molar-refractivity contribution in [1.82, 2.24) is 5.32 Å². The fourth-order valence-corrected chi connectivity index (χ4v) is 2.66. The highest BCUT2D eigenvalue weighted by Gasteiger charge is 2.04. The predicted molar refractivity (Wildman–Crippen MR) is 77.4 cm³/mol. The van der Waals surface area contributed by atoms with Crippen LogP contribution in [-0.4, -0.2) is 13.7 Å². The van der Waals surface area contributed by atoms with Gasteiger partial charge in [-0.05, 0) is 49.0 Å². The maximum atomic E-state index is 5.22. The Kier molecular flexibility index (Phi) is 4.79. The molecule has 1 aromatic carbocycles. The summed E-state index contributed by atoms with van der Waals surface area (Å²) in [6, 6.07) is 12.9. The minimum atomic E-state index is 0.426. The Morgan fingerprint density at radius 2 is 2.17 bits per heavy atom. The number of hydrogen-bond donors (Lipinski definition) is 1. The molecule has 1 unspecified atom stereocenters. The Hall–Kier alpha value is -1.32. The van der Waals surface area contributed by atoms with Crippen LogP contribution in [-0.2, 0) is 6.42 Å². The van der Waals surface area contributed by atoms with Gasteiger partial charge in [-0.25, -0.2) is 0 Å². The van der Waals surface area contributed by atoms with Gasteiger partial charge in [-0.2, -0.15) is 0 Å². The highest BCUT2D eigenvalue weighted by Crippen LogP contribution is 2.18. The number of nitrogens with one attached hydrogen (secondary N) is 1. The Labute approximate surface area is 113 Å². The molecule has 0 bridgehead atoms. The van der Waals surface area contributed by atoms with Gasteiger partial charge in [0.25, 0.3) is 0 Å². The Morgan fingerprint density at radius 3 is 2.89 bits per heavy atom. The van der Waals surface area contributed by atoms with Crippen LogP contribution in [0, 0.1) is 0 Å². The lowest BCUT2D eigenvalue weighted by Gasteiger charge is -2.12. The van der Waals surface area contributed by atoms with Gasteiger partial charge in [0, 0.05) is 10.9 Å². The molecule has 1 N–H and O–H groups in total. The molecule has 0 amide bonds. The number of thiophene rings is 1. The second-order valence-corrected chi connectivity index (χ2v) is 5.27. The molecule has 96 valence electrons. The molecule has 1 aromatic heterocycles. The molecule has 2 nitrogen and oxygen atoms in total. The van der Waals surface area contributed by atoms with E-state index in [2.05, 4.69) is 41.9 Å². The number of benzene rings is 1. The van der Waals surface area contributed by atoms with Crippen LogP contribution in [0.25, 0.3) is 0 Å². The van der Waals surface area contributed by atoms with Crippen molar-refractivity contribution in [3.05, 3.63) is 52.2 Å². The van der Waals surface area contributed by atoms with Crippen molar-refractivity contribution in [3.8, 4) is 5.75 Å². The molecule has 0 aliphatic carbocycles.